The van der Waals surface area contributed by atoms with Crippen molar-refractivity contribution in [3.63, 3.8) is 0 Å². The lowest BCUT2D eigenvalue weighted by atomic mass is 10.2. The highest BCUT2D eigenvalue weighted by Crippen LogP contribution is 2.17. The molecule has 0 fully saturated rings. The number of carboxylic acids is 1. The van der Waals surface area contributed by atoms with Crippen LogP contribution in [0.25, 0.3) is 0 Å². The Kier molecular flexibility index (Phi) is 9.02. The van der Waals surface area contributed by atoms with Gasteiger partial charge in [0.2, 0.25) is 0 Å². The molecule has 1 aromatic carbocycles. The number of para-hydroxylation sites is 1. The fourth-order valence-electron chi connectivity index (χ4n) is 0.711. The van der Waals surface area contributed by atoms with Crippen molar-refractivity contribution in [1.29, 1.82) is 0 Å². The largest absolute Gasteiger partial charge is 0.631 e. The van der Waals surface area contributed by atoms with Crippen LogP contribution in [-0.4, -0.2) is 33.5 Å². The van der Waals surface area contributed by atoms with Gasteiger partial charge in [-0.1, -0.05) is 12.1 Å². The average Bonchev–Trinajstić information content (AvgIpc) is 2.16. The van der Waals surface area contributed by atoms with E-state index in [1.807, 2.05) is 0 Å². The van der Waals surface area contributed by atoms with E-state index in [1.165, 1.54) is 24.3 Å². The van der Waals surface area contributed by atoms with Crippen LogP contribution in [0.1, 0.15) is 10.4 Å². The van der Waals surface area contributed by atoms with Gasteiger partial charge >= 0.3 is 13.3 Å². The van der Waals surface area contributed by atoms with E-state index in [1.54, 1.807) is 0 Å². The Morgan fingerprint density at radius 2 is 1.69 bits per heavy atom. The zero-order valence-electron chi connectivity index (χ0n) is 8.08. The molecule has 0 aliphatic rings. The quantitative estimate of drug-likeness (QED) is 0.445. The van der Waals surface area contributed by atoms with Crippen LogP contribution in [-0.2, 0) is 0 Å². The molecule has 0 amide bonds. The first kappa shape index (κ1) is 16.7. The molecule has 1 aromatic rings. The Hall–Kier alpha value is -1.68. The van der Waals surface area contributed by atoms with Crippen molar-refractivity contribution in [2.45, 2.75) is 0 Å². The average molecular weight is 235 g/mol. The Labute approximate surface area is 90.4 Å². The van der Waals surface area contributed by atoms with Crippen molar-refractivity contribution < 1.29 is 34.4 Å². The second-order valence-electron chi connectivity index (χ2n) is 2.22. The fourth-order valence-corrected chi connectivity index (χ4v) is 0.711. The van der Waals surface area contributed by atoms with Crippen LogP contribution >= 0.6 is 0 Å². The number of carboxylic acid groups (broad SMARTS) is 1. The summed E-state index contributed by atoms with van der Waals surface area (Å²) in [5.74, 6) is -1.49. The Morgan fingerprint density at radius 1 is 1.25 bits per heavy atom. The topological polar surface area (TPSA) is 142 Å². The van der Waals surface area contributed by atoms with Gasteiger partial charge in [0.15, 0.2) is 5.75 Å². The van der Waals surface area contributed by atoms with E-state index < -0.39 is 13.3 Å². The van der Waals surface area contributed by atoms with Gasteiger partial charge in [-0.2, -0.15) is 0 Å². The second kappa shape index (κ2) is 8.62. The van der Waals surface area contributed by atoms with Crippen LogP contribution in [0.3, 0.4) is 0 Å². The second-order valence-corrected chi connectivity index (χ2v) is 2.22. The molecule has 0 saturated carbocycles. The van der Waals surface area contributed by atoms with E-state index in [2.05, 4.69) is 4.94 Å². The number of aromatic carboxylic acids is 1. The lowest BCUT2D eigenvalue weighted by Crippen LogP contribution is -2.07. The Balaban J connectivity index is 0. The third-order valence-electron chi connectivity index (χ3n) is 1.20. The lowest BCUT2D eigenvalue weighted by Gasteiger charge is -1.97. The van der Waals surface area contributed by atoms with Crippen LogP contribution in [0.4, 0.5) is 4.53 Å². The van der Waals surface area contributed by atoms with Gasteiger partial charge < -0.3 is 26.3 Å². The number of hydrogen-bond acceptors (Lipinski definition) is 6. The Morgan fingerprint density at radius 3 is 2.00 bits per heavy atom. The minimum Gasteiger partial charge on any atom is -0.478 e. The molecule has 7 nitrogen and oxygen atoms in total. The molecule has 0 spiro atoms. The molecule has 0 aromatic heterocycles. The van der Waals surface area contributed by atoms with Crippen LogP contribution in [0.5, 0.6) is 5.75 Å². The SMILES string of the molecule is N.O=C(O)c1ccccc1OF.OB(O)O. The van der Waals surface area contributed by atoms with E-state index >= 15 is 0 Å². The number of benzene rings is 1. The van der Waals surface area contributed by atoms with Gasteiger partial charge in [-0.05, 0) is 12.1 Å². The van der Waals surface area contributed by atoms with Gasteiger partial charge in [0, 0.05) is 4.53 Å². The highest BCUT2D eigenvalue weighted by atomic mass is 19.3. The maximum absolute atomic E-state index is 11.6. The van der Waals surface area contributed by atoms with Crippen molar-refractivity contribution in [1.82, 2.24) is 6.15 Å². The number of rotatable bonds is 2. The molecule has 16 heavy (non-hydrogen) atoms. The third kappa shape index (κ3) is 6.73. The standard InChI is InChI=1S/C7H5FO3.BH3O3.H3N/c8-11-6-4-2-1-3-5(6)7(9)10;2-1(3)4;/h1-4H,(H,9,10);2-4H;1H3. The van der Waals surface area contributed by atoms with Gasteiger partial charge in [0.1, 0.15) is 5.56 Å². The molecule has 0 aliphatic carbocycles. The first-order chi connectivity index (χ1) is 6.99. The predicted octanol–water partition coefficient (Wildman–Crippen LogP) is -0.242. The Bertz CT molecular complexity index is 321. The van der Waals surface area contributed by atoms with Gasteiger partial charge in [-0.25, -0.2) is 4.79 Å². The van der Waals surface area contributed by atoms with Gasteiger partial charge in [0.05, 0.1) is 0 Å². The molecule has 0 atom stereocenters. The summed E-state index contributed by atoms with van der Waals surface area (Å²) >= 11 is 0. The fraction of sp³-hybridized carbons (Fsp3) is 0. The van der Waals surface area contributed by atoms with Gasteiger partial charge in [-0.3, -0.25) is 4.94 Å². The van der Waals surface area contributed by atoms with Crippen LogP contribution in [0, 0.1) is 0 Å². The van der Waals surface area contributed by atoms with Crippen LogP contribution in [0.15, 0.2) is 24.3 Å². The summed E-state index contributed by atoms with van der Waals surface area (Å²) in [6.45, 7) is 0. The van der Waals surface area contributed by atoms with Crippen molar-refractivity contribution in [2.24, 2.45) is 0 Å². The number of carbonyl (C=O) groups is 1. The maximum Gasteiger partial charge on any atom is 0.631 e. The van der Waals surface area contributed by atoms with E-state index in [-0.39, 0.29) is 17.5 Å². The molecule has 0 heterocycles. The molecule has 0 radical (unpaired) electrons. The first-order valence-electron chi connectivity index (χ1n) is 3.64. The summed E-state index contributed by atoms with van der Waals surface area (Å²) in [5.41, 5.74) is -0.185. The zero-order chi connectivity index (χ0) is 11.8. The molecule has 0 unspecified atom stereocenters. The minimum atomic E-state index is -2.17. The highest BCUT2D eigenvalue weighted by Gasteiger charge is 2.09. The van der Waals surface area contributed by atoms with Crippen molar-refractivity contribution in [3.8, 4) is 5.75 Å². The number of halogens is 1. The van der Waals surface area contributed by atoms with Crippen LogP contribution in [0.2, 0.25) is 0 Å². The first-order valence-corrected chi connectivity index (χ1v) is 3.64. The summed E-state index contributed by atoms with van der Waals surface area (Å²) in [6.07, 6.45) is 0. The summed E-state index contributed by atoms with van der Waals surface area (Å²) in [7, 11) is -2.17. The van der Waals surface area contributed by atoms with Crippen molar-refractivity contribution in [2.75, 3.05) is 0 Å². The van der Waals surface area contributed by atoms with Gasteiger partial charge in [0.25, 0.3) is 0 Å². The molecular weight excluding hydrogens is 224 g/mol. The van der Waals surface area contributed by atoms with Crippen molar-refractivity contribution in [3.05, 3.63) is 29.8 Å². The molecular formula is C7H11BFNO6. The van der Waals surface area contributed by atoms with Crippen molar-refractivity contribution >= 4 is 13.3 Å². The smallest absolute Gasteiger partial charge is 0.478 e. The molecule has 90 valence electrons. The monoisotopic (exact) mass is 235 g/mol. The third-order valence-corrected chi connectivity index (χ3v) is 1.20. The summed E-state index contributed by atoms with van der Waals surface area (Å²) in [6, 6.07) is 5.48. The normalized spacial score (nSPS) is 8.00. The van der Waals surface area contributed by atoms with E-state index in [9.17, 15) is 9.32 Å². The molecule has 0 aliphatic heterocycles. The minimum absolute atomic E-state index is 0. The lowest BCUT2D eigenvalue weighted by molar-refractivity contribution is -0.00781. The molecule has 1 rings (SSSR count). The highest BCUT2D eigenvalue weighted by molar-refractivity contribution is 6.30. The number of hydrogen-bond donors (Lipinski definition) is 5. The van der Waals surface area contributed by atoms with Gasteiger partial charge in [-0.15, -0.1) is 0 Å². The van der Waals surface area contributed by atoms with E-state index in [0.717, 1.165) is 0 Å². The summed E-state index contributed by atoms with van der Waals surface area (Å²) < 4.78 is 11.6. The van der Waals surface area contributed by atoms with Crippen LogP contribution < -0.4 is 11.1 Å². The summed E-state index contributed by atoms with van der Waals surface area (Å²) in [4.78, 5) is 13.7. The molecule has 7 N–H and O–H groups in total. The predicted molar refractivity (Wildman–Crippen MR) is 52.6 cm³/mol. The molecule has 0 saturated heterocycles. The maximum atomic E-state index is 11.6. The van der Waals surface area contributed by atoms with E-state index in [4.69, 9.17) is 20.2 Å². The molecule has 0 bridgehead atoms. The summed E-state index contributed by atoms with van der Waals surface area (Å²) in [5, 5.41) is 30.0. The zero-order valence-corrected chi connectivity index (χ0v) is 8.08. The van der Waals surface area contributed by atoms with E-state index in [0.29, 0.717) is 0 Å². The molecule has 9 heteroatoms.